The zero-order chi connectivity index (χ0) is 23.1. The van der Waals surface area contributed by atoms with E-state index in [1.807, 2.05) is 36.4 Å². The zero-order valence-electron chi connectivity index (χ0n) is 18.6. The molecule has 0 aromatic heterocycles. The van der Waals surface area contributed by atoms with Gasteiger partial charge in [-0.15, -0.1) is 0 Å². The highest BCUT2D eigenvalue weighted by Gasteiger charge is 2.32. The van der Waals surface area contributed by atoms with Crippen molar-refractivity contribution in [3.63, 3.8) is 0 Å². The molecule has 0 radical (unpaired) electrons. The lowest BCUT2D eigenvalue weighted by Gasteiger charge is -2.30. The number of benzene rings is 3. The molecule has 1 amide bonds. The Labute approximate surface area is 196 Å². The van der Waals surface area contributed by atoms with Crippen LogP contribution in [0, 0.1) is 5.92 Å². The van der Waals surface area contributed by atoms with Crippen molar-refractivity contribution in [1.29, 1.82) is 0 Å². The Kier molecular flexibility index (Phi) is 7.57. The van der Waals surface area contributed by atoms with Crippen molar-refractivity contribution >= 4 is 15.9 Å². The molecular formula is C27H30N2O3S. The maximum absolute atomic E-state index is 12.8. The van der Waals surface area contributed by atoms with Gasteiger partial charge in [0.25, 0.3) is 0 Å². The number of carbonyl (C=O) groups excluding carboxylic acids is 1. The van der Waals surface area contributed by atoms with Gasteiger partial charge in [-0.3, -0.25) is 4.79 Å². The molecule has 3 aromatic carbocycles. The number of amides is 1. The number of rotatable bonds is 8. The molecule has 1 heterocycles. The first-order chi connectivity index (χ1) is 16.1. The summed E-state index contributed by atoms with van der Waals surface area (Å²) in [5, 5.41) is 3.10. The van der Waals surface area contributed by atoms with Gasteiger partial charge in [0.15, 0.2) is 0 Å². The topological polar surface area (TPSA) is 66.5 Å². The first kappa shape index (κ1) is 23.2. The minimum absolute atomic E-state index is 0.0200. The lowest BCUT2D eigenvalue weighted by atomic mass is 9.88. The summed E-state index contributed by atoms with van der Waals surface area (Å²) < 4.78 is 27.1. The van der Waals surface area contributed by atoms with E-state index in [1.54, 1.807) is 30.3 Å². The van der Waals surface area contributed by atoms with E-state index in [-0.39, 0.29) is 17.7 Å². The molecule has 33 heavy (non-hydrogen) atoms. The van der Waals surface area contributed by atoms with Crippen LogP contribution >= 0.6 is 0 Å². The average molecular weight is 463 g/mol. The summed E-state index contributed by atoms with van der Waals surface area (Å²) in [5.74, 6) is 0.0799. The van der Waals surface area contributed by atoms with Gasteiger partial charge in [-0.1, -0.05) is 78.9 Å². The quantitative estimate of drug-likeness (QED) is 0.539. The number of piperidine rings is 1. The molecule has 1 fully saturated rings. The summed E-state index contributed by atoms with van der Waals surface area (Å²) in [6.45, 7) is 1.31. The van der Waals surface area contributed by atoms with Gasteiger partial charge in [-0.25, -0.2) is 8.42 Å². The second-order valence-corrected chi connectivity index (χ2v) is 10.4. The SMILES string of the molecule is O=C(NCCC(c1ccccc1)c1ccccc1)C1CCN(S(=O)(=O)c2ccccc2)CC1. The zero-order valence-corrected chi connectivity index (χ0v) is 19.5. The molecule has 6 heteroatoms. The number of hydrogen-bond acceptors (Lipinski definition) is 3. The van der Waals surface area contributed by atoms with Crippen molar-refractivity contribution in [1.82, 2.24) is 9.62 Å². The highest BCUT2D eigenvalue weighted by Crippen LogP contribution is 2.28. The van der Waals surface area contributed by atoms with E-state index in [4.69, 9.17) is 0 Å². The largest absolute Gasteiger partial charge is 0.356 e. The number of nitrogens with zero attached hydrogens (tertiary/aromatic N) is 1. The summed E-state index contributed by atoms with van der Waals surface area (Å²) in [7, 11) is -3.50. The molecule has 0 spiro atoms. The van der Waals surface area contributed by atoms with Crippen LogP contribution < -0.4 is 5.32 Å². The van der Waals surface area contributed by atoms with Crippen LogP contribution in [-0.2, 0) is 14.8 Å². The van der Waals surface area contributed by atoms with Crippen LogP contribution in [0.5, 0.6) is 0 Å². The van der Waals surface area contributed by atoms with Gasteiger partial charge in [-0.2, -0.15) is 4.31 Å². The van der Waals surface area contributed by atoms with E-state index in [0.29, 0.717) is 37.4 Å². The summed E-state index contributed by atoms with van der Waals surface area (Å²) >= 11 is 0. The van der Waals surface area contributed by atoms with E-state index < -0.39 is 10.0 Å². The Morgan fingerprint density at radius 1 is 0.818 bits per heavy atom. The molecule has 1 aliphatic heterocycles. The van der Waals surface area contributed by atoms with Crippen molar-refractivity contribution < 1.29 is 13.2 Å². The smallest absolute Gasteiger partial charge is 0.243 e. The molecule has 5 nitrogen and oxygen atoms in total. The van der Waals surface area contributed by atoms with Gasteiger partial charge >= 0.3 is 0 Å². The Morgan fingerprint density at radius 3 is 1.82 bits per heavy atom. The second kappa shape index (κ2) is 10.8. The summed E-state index contributed by atoms with van der Waals surface area (Å²) in [6, 6.07) is 29.2. The van der Waals surface area contributed by atoms with Crippen LogP contribution in [0.4, 0.5) is 0 Å². The van der Waals surface area contributed by atoms with Gasteiger partial charge < -0.3 is 5.32 Å². The maximum atomic E-state index is 12.8. The van der Waals surface area contributed by atoms with Crippen LogP contribution in [0.25, 0.3) is 0 Å². The number of hydrogen-bond donors (Lipinski definition) is 1. The molecule has 1 N–H and O–H groups in total. The molecule has 172 valence electrons. The molecule has 0 saturated carbocycles. The van der Waals surface area contributed by atoms with Crippen LogP contribution in [0.2, 0.25) is 0 Å². The predicted molar refractivity (Wildman–Crippen MR) is 130 cm³/mol. The fraction of sp³-hybridized carbons (Fsp3) is 0.296. The number of carbonyl (C=O) groups is 1. The molecule has 4 rings (SSSR count). The van der Waals surface area contributed by atoms with Gasteiger partial charge in [0.05, 0.1) is 4.90 Å². The lowest BCUT2D eigenvalue weighted by molar-refractivity contribution is -0.126. The number of sulfonamides is 1. The van der Waals surface area contributed by atoms with Crippen molar-refractivity contribution in [3.05, 3.63) is 102 Å². The molecule has 3 aromatic rings. The molecule has 0 unspecified atom stereocenters. The third kappa shape index (κ3) is 5.70. The van der Waals surface area contributed by atoms with E-state index in [1.165, 1.54) is 15.4 Å². The summed E-state index contributed by atoms with van der Waals surface area (Å²) in [6.07, 6.45) is 1.89. The Hall–Kier alpha value is -2.96. The molecule has 0 bridgehead atoms. The minimum atomic E-state index is -3.50. The molecule has 1 saturated heterocycles. The minimum Gasteiger partial charge on any atom is -0.356 e. The van der Waals surface area contributed by atoms with Gasteiger partial charge in [-0.05, 0) is 42.5 Å². The fourth-order valence-electron chi connectivity index (χ4n) is 4.48. The van der Waals surface area contributed by atoms with Crippen molar-refractivity contribution in [2.24, 2.45) is 5.92 Å². The fourth-order valence-corrected chi connectivity index (χ4v) is 5.97. The van der Waals surface area contributed by atoms with Crippen LogP contribution in [0.15, 0.2) is 95.9 Å². The van der Waals surface area contributed by atoms with Gasteiger partial charge in [0, 0.05) is 31.5 Å². The van der Waals surface area contributed by atoms with Crippen LogP contribution in [-0.4, -0.2) is 38.3 Å². The average Bonchev–Trinajstić information content (AvgIpc) is 2.88. The Balaban J connectivity index is 1.31. The van der Waals surface area contributed by atoms with Gasteiger partial charge in [0.2, 0.25) is 15.9 Å². The monoisotopic (exact) mass is 462 g/mol. The first-order valence-electron chi connectivity index (χ1n) is 11.5. The van der Waals surface area contributed by atoms with E-state index in [0.717, 1.165) is 6.42 Å². The highest BCUT2D eigenvalue weighted by atomic mass is 32.2. The Bertz CT molecular complexity index is 1090. The van der Waals surface area contributed by atoms with Gasteiger partial charge in [0.1, 0.15) is 0 Å². The van der Waals surface area contributed by atoms with Crippen LogP contribution in [0.3, 0.4) is 0 Å². The molecule has 0 atom stereocenters. The normalized spacial score (nSPS) is 15.4. The molecular weight excluding hydrogens is 432 g/mol. The second-order valence-electron chi connectivity index (χ2n) is 8.45. The summed E-state index contributed by atoms with van der Waals surface area (Å²) in [4.78, 5) is 13.1. The molecule has 0 aliphatic carbocycles. The first-order valence-corrected chi connectivity index (χ1v) is 12.9. The van der Waals surface area contributed by atoms with E-state index >= 15 is 0 Å². The standard InChI is InChI=1S/C27H30N2O3S/c30-27(24-17-20-29(21-18-24)33(31,32)25-14-8-3-9-15-25)28-19-16-26(22-10-4-1-5-11-22)23-12-6-2-7-13-23/h1-15,24,26H,16-21H2,(H,28,30). The third-order valence-corrected chi connectivity index (χ3v) is 8.25. The summed E-state index contributed by atoms with van der Waals surface area (Å²) in [5.41, 5.74) is 2.47. The van der Waals surface area contributed by atoms with E-state index in [9.17, 15) is 13.2 Å². The third-order valence-electron chi connectivity index (χ3n) is 6.34. The van der Waals surface area contributed by atoms with Crippen LogP contribution in [0.1, 0.15) is 36.3 Å². The Morgan fingerprint density at radius 2 is 1.30 bits per heavy atom. The number of nitrogens with one attached hydrogen (secondary N) is 1. The predicted octanol–water partition coefficient (Wildman–Crippen LogP) is 4.43. The lowest BCUT2D eigenvalue weighted by Crippen LogP contribution is -2.43. The van der Waals surface area contributed by atoms with E-state index in [2.05, 4.69) is 29.6 Å². The van der Waals surface area contributed by atoms with Crippen molar-refractivity contribution in [2.75, 3.05) is 19.6 Å². The highest BCUT2D eigenvalue weighted by molar-refractivity contribution is 7.89. The maximum Gasteiger partial charge on any atom is 0.243 e. The van der Waals surface area contributed by atoms with Crippen molar-refractivity contribution in [3.8, 4) is 0 Å². The van der Waals surface area contributed by atoms with Crippen molar-refractivity contribution in [2.45, 2.75) is 30.1 Å². The molecule has 1 aliphatic rings.